The largest absolute Gasteiger partial charge is 0.497 e. The molecule has 0 fully saturated rings. The van der Waals surface area contributed by atoms with Crippen LogP contribution in [0.5, 0.6) is 11.6 Å². The Balaban J connectivity index is 1.49. The van der Waals surface area contributed by atoms with Crippen molar-refractivity contribution in [1.82, 2.24) is 19.9 Å². The zero-order valence-corrected chi connectivity index (χ0v) is 19.1. The average Bonchev–Trinajstić information content (AvgIpc) is 3.33. The third kappa shape index (κ3) is 5.09. The van der Waals surface area contributed by atoms with Crippen LogP contribution in [0.2, 0.25) is 0 Å². The molecular weight excluding hydrogens is 416 g/mol. The molecule has 0 amide bonds. The van der Waals surface area contributed by atoms with E-state index in [0.717, 1.165) is 45.7 Å². The third-order valence-corrected chi connectivity index (χ3v) is 5.29. The molecule has 0 bridgehead atoms. The number of carbonyl (C=O) groups excluding carboxylic acids is 1. The first kappa shape index (κ1) is 22.2. The van der Waals surface area contributed by atoms with Crippen molar-refractivity contribution in [1.29, 1.82) is 0 Å². The van der Waals surface area contributed by atoms with E-state index >= 15 is 0 Å². The summed E-state index contributed by atoms with van der Waals surface area (Å²) in [5.74, 6) is 2.01. The number of pyridine rings is 2. The lowest BCUT2D eigenvalue weighted by Gasteiger charge is -2.17. The number of aryl methyl sites for hydroxylation is 1. The molecule has 7 nitrogen and oxygen atoms in total. The number of nitrogens with zero attached hydrogens (tertiary/aromatic N) is 3. The second-order valence-corrected chi connectivity index (χ2v) is 8.54. The number of methoxy groups -OCH3 is 1. The number of imidazole rings is 1. The van der Waals surface area contributed by atoms with Crippen LogP contribution in [0.1, 0.15) is 19.4 Å². The molecule has 0 saturated carbocycles. The number of carbonyl (C=O) groups is 1. The number of benzene rings is 1. The Morgan fingerprint density at radius 2 is 1.73 bits per heavy atom. The Hall–Kier alpha value is -4.00. The van der Waals surface area contributed by atoms with Crippen LogP contribution in [0.4, 0.5) is 0 Å². The molecule has 4 rings (SSSR count). The molecule has 0 atom stereocenters. The zero-order valence-electron chi connectivity index (χ0n) is 19.1. The number of H-pyrrole nitrogens is 1. The van der Waals surface area contributed by atoms with Crippen LogP contribution in [0.15, 0.2) is 61.1 Å². The molecule has 3 heterocycles. The first-order valence-electron chi connectivity index (χ1n) is 10.6. The van der Waals surface area contributed by atoms with Gasteiger partial charge < -0.3 is 19.3 Å². The van der Waals surface area contributed by atoms with E-state index in [9.17, 15) is 4.79 Å². The number of ether oxygens (including phenoxy) is 2. The van der Waals surface area contributed by atoms with Crippen molar-refractivity contribution in [3.05, 3.63) is 66.6 Å². The van der Waals surface area contributed by atoms with Crippen LogP contribution in [0, 0.1) is 12.3 Å². The van der Waals surface area contributed by atoms with Crippen LogP contribution < -0.4 is 9.47 Å². The van der Waals surface area contributed by atoms with Crippen molar-refractivity contribution in [3.63, 3.8) is 0 Å². The minimum absolute atomic E-state index is 0.278. The second-order valence-electron chi connectivity index (χ2n) is 8.54. The fourth-order valence-corrected chi connectivity index (χ4v) is 3.27. The van der Waals surface area contributed by atoms with Gasteiger partial charge in [-0.05, 0) is 62.2 Å². The Kier molecular flexibility index (Phi) is 6.22. The lowest BCUT2D eigenvalue weighted by molar-refractivity contribution is -0.116. The molecule has 1 N–H and O–H groups in total. The molecule has 4 aromatic rings. The first-order chi connectivity index (χ1) is 15.9. The summed E-state index contributed by atoms with van der Waals surface area (Å²) in [5.41, 5.74) is 5.06. The molecule has 0 aliphatic carbocycles. The average molecular weight is 443 g/mol. The zero-order chi connectivity index (χ0) is 23.4. The normalized spacial score (nSPS) is 11.3. The van der Waals surface area contributed by atoms with Crippen molar-refractivity contribution in [2.45, 2.75) is 20.8 Å². The van der Waals surface area contributed by atoms with E-state index in [1.54, 1.807) is 19.5 Å². The predicted molar refractivity (Wildman–Crippen MR) is 127 cm³/mol. The van der Waals surface area contributed by atoms with Crippen molar-refractivity contribution in [3.8, 4) is 45.5 Å². The molecule has 3 aromatic heterocycles. The number of rotatable bonds is 8. The summed E-state index contributed by atoms with van der Waals surface area (Å²) in [5, 5.41) is 0. The summed E-state index contributed by atoms with van der Waals surface area (Å²) >= 11 is 0. The van der Waals surface area contributed by atoms with Crippen LogP contribution in [0.25, 0.3) is 33.9 Å². The van der Waals surface area contributed by atoms with E-state index in [0.29, 0.717) is 11.7 Å². The number of hydrogen-bond acceptors (Lipinski definition) is 6. The van der Waals surface area contributed by atoms with Crippen molar-refractivity contribution < 1.29 is 14.3 Å². The van der Waals surface area contributed by atoms with E-state index in [2.05, 4.69) is 19.9 Å². The molecule has 0 saturated heterocycles. The highest BCUT2D eigenvalue weighted by atomic mass is 16.5. The summed E-state index contributed by atoms with van der Waals surface area (Å²) in [6.07, 6.45) is 6.26. The molecule has 1 aromatic carbocycles. The molecule has 0 radical (unpaired) electrons. The van der Waals surface area contributed by atoms with Crippen LogP contribution in [-0.4, -0.2) is 39.9 Å². The number of aromatic amines is 1. The van der Waals surface area contributed by atoms with Crippen molar-refractivity contribution in [2.24, 2.45) is 5.41 Å². The quantitative estimate of drug-likeness (QED) is 0.381. The van der Waals surface area contributed by atoms with E-state index in [1.807, 2.05) is 69.4 Å². The summed E-state index contributed by atoms with van der Waals surface area (Å²) in [4.78, 5) is 27.8. The third-order valence-electron chi connectivity index (χ3n) is 5.29. The Morgan fingerprint density at radius 3 is 2.36 bits per heavy atom. The van der Waals surface area contributed by atoms with Gasteiger partial charge in [-0.2, -0.15) is 0 Å². The molecule has 0 unspecified atom stereocenters. The topological polar surface area (TPSA) is 90.0 Å². The molecule has 0 spiro atoms. The van der Waals surface area contributed by atoms with Crippen LogP contribution in [-0.2, 0) is 4.79 Å². The summed E-state index contributed by atoms with van der Waals surface area (Å²) < 4.78 is 10.9. The maximum absolute atomic E-state index is 11.1. The predicted octanol–water partition coefficient (Wildman–Crippen LogP) is 5.12. The summed E-state index contributed by atoms with van der Waals surface area (Å²) in [6.45, 7) is 5.93. The van der Waals surface area contributed by atoms with Crippen molar-refractivity contribution >= 4 is 6.29 Å². The van der Waals surface area contributed by atoms with Crippen molar-refractivity contribution in [2.75, 3.05) is 13.7 Å². The van der Waals surface area contributed by atoms with Gasteiger partial charge in [0.15, 0.2) is 5.82 Å². The molecular formula is C26H26N4O3. The highest BCUT2D eigenvalue weighted by Crippen LogP contribution is 2.28. The molecule has 0 aliphatic heterocycles. The molecule has 168 valence electrons. The van der Waals surface area contributed by atoms with Gasteiger partial charge in [0.25, 0.3) is 0 Å². The second kappa shape index (κ2) is 9.24. The summed E-state index contributed by atoms with van der Waals surface area (Å²) in [7, 11) is 1.65. The van der Waals surface area contributed by atoms with Gasteiger partial charge in [0.05, 0.1) is 24.4 Å². The minimum atomic E-state index is -0.549. The fourth-order valence-electron chi connectivity index (χ4n) is 3.27. The Morgan fingerprint density at radius 1 is 0.970 bits per heavy atom. The SMILES string of the molecule is COc1ccc(-c2cnc(-c3ccc(-c4cnc(OCC(C)(C)C=O)cc4C)cn3)[nH]2)cc1. The molecule has 0 aliphatic rings. The van der Waals surface area contributed by atoms with Gasteiger partial charge in [-0.15, -0.1) is 0 Å². The van der Waals surface area contributed by atoms with E-state index in [-0.39, 0.29) is 6.61 Å². The number of hydrogen-bond donors (Lipinski definition) is 1. The lowest BCUT2D eigenvalue weighted by Crippen LogP contribution is -2.23. The highest BCUT2D eigenvalue weighted by Gasteiger charge is 2.18. The molecule has 7 heteroatoms. The Labute approximate surface area is 192 Å². The van der Waals surface area contributed by atoms with Gasteiger partial charge in [-0.1, -0.05) is 6.07 Å². The number of aldehydes is 1. The van der Waals surface area contributed by atoms with Gasteiger partial charge >= 0.3 is 0 Å². The van der Waals surface area contributed by atoms with Crippen LogP contribution >= 0.6 is 0 Å². The fraction of sp³-hybridized carbons (Fsp3) is 0.231. The maximum atomic E-state index is 11.1. The first-order valence-corrected chi connectivity index (χ1v) is 10.6. The maximum Gasteiger partial charge on any atom is 0.213 e. The molecule has 33 heavy (non-hydrogen) atoms. The van der Waals surface area contributed by atoms with Gasteiger partial charge in [-0.25, -0.2) is 9.97 Å². The van der Waals surface area contributed by atoms with Gasteiger partial charge in [0.2, 0.25) is 5.88 Å². The van der Waals surface area contributed by atoms with Gasteiger partial charge in [0, 0.05) is 29.6 Å². The standard InChI is InChI=1S/C26H26N4O3/c1-17-11-24(33-16-26(2,3)15-31)28-13-21(17)19-7-10-22(27-12-19)25-29-14-23(30-25)18-5-8-20(32-4)9-6-18/h5-15H,16H2,1-4H3,(H,29,30). The highest BCUT2D eigenvalue weighted by molar-refractivity contribution is 5.69. The monoisotopic (exact) mass is 442 g/mol. The van der Waals surface area contributed by atoms with Gasteiger partial charge in [0.1, 0.15) is 24.3 Å². The summed E-state index contributed by atoms with van der Waals surface area (Å²) in [6, 6.07) is 13.6. The van der Waals surface area contributed by atoms with E-state index < -0.39 is 5.41 Å². The van der Waals surface area contributed by atoms with E-state index in [1.165, 1.54) is 0 Å². The Bertz CT molecular complexity index is 1250. The smallest absolute Gasteiger partial charge is 0.213 e. The number of nitrogens with one attached hydrogen (secondary N) is 1. The number of aromatic nitrogens is 4. The van der Waals surface area contributed by atoms with E-state index in [4.69, 9.17) is 9.47 Å². The lowest BCUT2D eigenvalue weighted by atomic mass is 9.98. The minimum Gasteiger partial charge on any atom is -0.497 e. The van der Waals surface area contributed by atoms with Crippen LogP contribution in [0.3, 0.4) is 0 Å². The van der Waals surface area contributed by atoms with Gasteiger partial charge in [-0.3, -0.25) is 4.98 Å².